The first-order chi connectivity index (χ1) is 9.51. The van der Waals surface area contributed by atoms with E-state index in [4.69, 9.17) is 10.2 Å². The smallest absolute Gasteiger partial charge is 0.347 e. The molecule has 6 heteroatoms. The number of carbonyl (C=O) groups is 2. The van der Waals surface area contributed by atoms with E-state index in [2.05, 4.69) is 4.98 Å². The van der Waals surface area contributed by atoms with E-state index in [1.54, 1.807) is 18.2 Å². The molecule has 5 nitrogen and oxygen atoms in total. The van der Waals surface area contributed by atoms with Gasteiger partial charge in [0, 0.05) is 6.42 Å². The summed E-state index contributed by atoms with van der Waals surface area (Å²) in [5.74, 6) is -1.95. The van der Waals surface area contributed by atoms with E-state index in [0.29, 0.717) is 23.5 Å². The quantitative estimate of drug-likeness (QED) is 0.884. The van der Waals surface area contributed by atoms with E-state index < -0.39 is 11.9 Å². The first kappa shape index (κ1) is 14.2. The maximum atomic E-state index is 11.1. The van der Waals surface area contributed by atoms with Crippen LogP contribution in [0.25, 0.3) is 0 Å². The molecule has 0 fully saturated rings. The molecule has 0 bridgehead atoms. The van der Waals surface area contributed by atoms with Gasteiger partial charge in [0.1, 0.15) is 4.88 Å². The predicted molar refractivity (Wildman–Crippen MR) is 74.7 cm³/mol. The number of carboxylic acids is 2. The van der Waals surface area contributed by atoms with Crippen LogP contribution in [0.15, 0.2) is 24.3 Å². The largest absolute Gasteiger partial charge is 0.478 e. The summed E-state index contributed by atoms with van der Waals surface area (Å²) in [7, 11) is 0. The Hall–Kier alpha value is -2.21. The summed E-state index contributed by atoms with van der Waals surface area (Å²) >= 11 is 1.14. The van der Waals surface area contributed by atoms with E-state index >= 15 is 0 Å². The molecule has 0 aliphatic carbocycles. The number of hydrogen-bond donors (Lipinski definition) is 2. The molecule has 1 aromatic carbocycles. The van der Waals surface area contributed by atoms with Gasteiger partial charge >= 0.3 is 11.9 Å². The van der Waals surface area contributed by atoms with Gasteiger partial charge in [0.15, 0.2) is 0 Å². The Morgan fingerprint density at radius 2 is 2.00 bits per heavy atom. The number of hydrogen-bond acceptors (Lipinski definition) is 4. The van der Waals surface area contributed by atoms with Gasteiger partial charge in [-0.1, -0.05) is 19.1 Å². The third kappa shape index (κ3) is 3.03. The lowest BCUT2D eigenvalue weighted by molar-refractivity contribution is 0.0687. The Labute approximate surface area is 119 Å². The monoisotopic (exact) mass is 291 g/mol. The van der Waals surface area contributed by atoms with Crippen LogP contribution in [0.2, 0.25) is 0 Å². The lowest BCUT2D eigenvalue weighted by atomic mass is 10.1. The molecule has 0 spiro atoms. The molecule has 0 aliphatic heterocycles. The van der Waals surface area contributed by atoms with Crippen LogP contribution in [-0.4, -0.2) is 27.1 Å². The summed E-state index contributed by atoms with van der Waals surface area (Å²) in [6.07, 6.45) is 0.999. The van der Waals surface area contributed by atoms with Gasteiger partial charge in [-0.25, -0.2) is 14.6 Å². The van der Waals surface area contributed by atoms with Crippen LogP contribution < -0.4 is 0 Å². The Bertz CT molecular complexity index is 663. The van der Waals surface area contributed by atoms with Gasteiger partial charge in [-0.2, -0.15) is 0 Å². The van der Waals surface area contributed by atoms with Crippen molar-refractivity contribution >= 4 is 23.3 Å². The molecule has 2 aromatic rings. The summed E-state index contributed by atoms with van der Waals surface area (Å²) in [4.78, 5) is 26.6. The highest BCUT2D eigenvalue weighted by Gasteiger charge is 2.16. The van der Waals surface area contributed by atoms with Crippen molar-refractivity contribution in [2.45, 2.75) is 19.8 Å². The van der Waals surface area contributed by atoms with Crippen molar-refractivity contribution in [3.8, 4) is 0 Å². The summed E-state index contributed by atoms with van der Waals surface area (Å²) in [5.41, 5.74) is 1.60. The summed E-state index contributed by atoms with van der Waals surface area (Å²) in [6.45, 7) is 1.86. The third-order valence-electron chi connectivity index (χ3n) is 2.80. The number of benzene rings is 1. The number of aromatic carboxylic acids is 2. The van der Waals surface area contributed by atoms with Crippen molar-refractivity contribution in [3.05, 3.63) is 51.0 Å². The zero-order valence-electron chi connectivity index (χ0n) is 10.8. The second kappa shape index (κ2) is 5.83. The fourth-order valence-corrected chi connectivity index (χ4v) is 2.90. The third-order valence-corrected chi connectivity index (χ3v) is 3.89. The first-order valence-electron chi connectivity index (χ1n) is 6.05. The molecule has 0 atom stereocenters. The SMILES string of the molecule is CCc1nc(Cc2cccc(C(=O)O)c2)sc1C(=O)O. The minimum Gasteiger partial charge on any atom is -0.478 e. The maximum absolute atomic E-state index is 11.1. The van der Waals surface area contributed by atoms with Crippen molar-refractivity contribution < 1.29 is 19.8 Å². The number of rotatable bonds is 5. The Balaban J connectivity index is 2.28. The lowest BCUT2D eigenvalue weighted by Gasteiger charge is -2.00. The first-order valence-corrected chi connectivity index (χ1v) is 6.87. The van der Waals surface area contributed by atoms with Crippen LogP contribution in [0.3, 0.4) is 0 Å². The van der Waals surface area contributed by atoms with Crippen molar-refractivity contribution in [1.82, 2.24) is 4.98 Å². The van der Waals surface area contributed by atoms with Crippen LogP contribution in [0, 0.1) is 0 Å². The van der Waals surface area contributed by atoms with Crippen molar-refractivity contribution in [2.75, 3.05) is 0 Å². The Kier molecular flexibility index (Phi) is 4.14. The Morgan fingerprint density at radius 3 is 2.55 bits per heavy atom. The van der Waals surface area contributed by atoms with Gasteiger partial charge in [-0.15, -0.1) is 11.3 Å². The highest BCUT2D eigenvalue weighted by atomic mass is 32.1. The molecular formula is C14H13NO4S. The Morgan fingerprint density at radius 1 is 1.25 bits per heavy atom. The molecule has 0 saturated carbocycles. The molecule has 0 aliphatic rings. The van der Waals surface area contributed by atoms with Crippen molar-refractivity contribution in [2.24, 2.45) is 0 Å². The molecule has 104 valence electrons. The fraction of sp³-hybridized carbons (Fsp3) is 0.214. The molecule has 0 radical (unpaired) electrons. The average Bonchev–Trinajstić information content (AvgIpc) is 2.82. The van der Waals surface area contributed by atoms with Gasteiger partial charge in [-0.05, 0) is 24.1 Å². The van der Waals surface area contributed by atoms with E-state index in [-0.39, 0.29) is 10.4 Å². The number of aromatic nitrogens is 1. The second-order valence-corrected chi connectivity index (χ2v) is 5.31. The molecule has 0 unspecified atom stereocenters. The standard InChI is InChI=1S/C14H13NO4S/c1-2-10-12(14(18)19)20-11(15-10)7-8-4-3-5-9(6-8)13(16)17/h3-6H,2,7H2,1H3,(H,16,17)(H,18,19). The average molecular weight is 291 g/mol. The molecule has 0 amide bonds. The van der Waals surface area contributed by atoms with Crippen molar-refractivity contribution in [1.29, 1.82) is 0 Å². The fourth-order valence-electron chi connectivity index (χ4n) is 1.87. The summed E-state index contributed by atoms with van der Waals surface area (Å²) in [6, 6.07) is 6.58. The molecule has 1 heterocycles. The minimum atomic E-state index is -0.980. The lowest BCUT2D eigenvalue weighted by Crippen LogP contribution is -1.98. The van der Waals surface area contributed by atoms with E-state index in [1.165, 1.54) is 6.07 Å². The van der Waals surface area contributed by atoms with E-state index in [0.717, 1.165) is 16.9 Å². The van der Waals surface area contributed by atoms with E-state index in [1.807, 2.05) is 6.92 Å². The molecular weight excluding hydrogens is 278 g/mol. The number of aryl methyl sites for hydroxylation is 1. The number of nitrogens with zero attached hydrogens (tertiary/aromatic N) is 1. The molecule has 2 N–H and O–H groups in total. The van der Waals surface area contributed by atoms with E-state index in [9.17, 15) is 9.59 Å². The normalized spacial score (nSPS) is 10.4. The summed E-state index contributed by atoms with van der Waals surface area (Å²) < 4.78 is 0. The number of thiazole rings is 1. The second-order valence-electron chi connectivity index (χ2n) is 4.22. The molecule has 0 saturated heterocycles. The maximum Gasteiger partial charge on any atom is 0.347 e. The topological polar surface area (TPSA) is 87.5 Å². The number of carboxylic acid groups (broad SMARTS) is 2. The van der Waals surface area contributed by atoms with Crippen LogP contribution in [0.5, 0.6) is 0 Å². The van der Waals surface area contributed by atoms with Gasteiger partial charge in [0.25, 0.3) is 0 Å². The van der Waals surface area contributed by atoms with Crippen LogP contribution in [0.1, 0.15) is 43.2 Å². The van der Waals surface area contributed by atoms with Crippen LogP contribution in [-0.2, 0) is 12.8 Å². The highest BCUT2D eigenvalue weighted by Crippen LogP contribution is 2.22. The molecule has 2 rings (SSSR count). The van der Waals surface area contributed by atoms with Gasteiger partial charge in [-0.3, -0.25) is 0 Å². The molecule has 1 aromatic heterocycles. The predicted octanol–water partition coefficient (Wildman–Crippen LogP) is 2.69. The van der Waals surface area contributed by atoms with Gasteiger partial charge in [0.05, 0.1) is 16.3 Å². The zero-order valence-corrected chi connectivity index (χ0v) is 11.6. The minimum absolute atomic E-state index is 0.216. The summed E-state index contributed by atoms with van der Waals surface area (Å²) in [5, 5.41) is 18.7. The van der Waals surface area contributed by atoms with Gasteiger partial charge in [0.2, 0.25) is 0 Å². The van der Waals surface area contributed by atoms with Gasteiger partial charge < -0.3 is 10.2 Å². The van der Waals surface area contributed by atoms with Crippen LogP contribution in [0.4, 0.5) is 0 Å². The van der Waals surface area contributed by atoms with Crippen LogP contribution >= 0.6 is 11.3 Å². The highest BCUT2D eigenvalue weighted by molar-refractivity contribution is 7.13. The van der Waals surface area contributed by atoms with Crippen molar-refractivity contribution in [3.63, 3.8) is 0 Å². The molecule has 20 heavy (non-hydrogen) atoms. The zero-order chi connectivity index (χ0) is 14.7.